The highest BCUT2D eigenvalue weighted by atomic mass is 35.5. The highest BCUT2D eigenvalue weighted by Crippen LogP contribution is 2.41. The fourth-order valence-corrected chi connectivity index (χ4v) is 11.8. The van der Waals surface area contributed by atoms with Gasteiger partial charge in [0.15, 0.2) is 12.5 Å². The van der Waals surface area contributed by atoms with E-state index in [0.717, 1.165) is 83.0 Å². The molecule has 400 valence electrons. The van der Waals surface area contributed by atoms with Gasteiger partial charge in [0.05, 0.1) is 42.9 Å². The predicted molar refractivity (Wildman–Crippen MR) is 298 cm³/mol. The van der Waals surface area contributed by atoms with Gasteiger partial charge < -0.3 is 28.6 Å². The largest absolute Gasteiger partial charge is 0.486 e. The van der Waals surface area contributed by atoms with Gasteiger partial charge >= 0.3 is 6.09 Å². The van der Waals surface area contributed by atoms with Gasteiger partial charge in [-0.3, -0.25) is 19.9 Å². The number of anilines is 1. The fraction of sp³-hybridized carbons (Fsp3) is 0.386. The zero-order valence-corrected chi connectivity index (χ0v) is 46.4. The van der Waals surface area contributed by atoms with E-state index in [1.807, 2.05) is 117 Å². The van der Waals surface area contributed by atoms with Crippen LogP contribution in [-0.2, 0) is 14.2 Å². The number of aromatic nitrogens is 8. The van der Waals surface area contributed by atoms with E-state index in [-0.39, 0.29) is 12.5 Å². The lowest BCUT2D eigenvalue weighted by Gasteiger charge is -2.41. The van der Waals surface area contributed by atoms with Crippen molar-refractivity contribution in [2.24, 2.45) is 0 Å². The Morgan fingerprint density at radius 2 is 1.14 bits per heavy atom. The molecule has 3 saturated heterocycles. The van der Waals surface area contributed by atoms with Crippen LogP contribution in [0.15, 0.2) is 97.8 Å². The Labute approximate surface area is 466 Å². The third kappa shape index (κ3) is 11.1. The summed E-state index contributed by atoms with van der Waals surface area (Å²) in [5.74, 6) is 1.98. The van der Waals surface area contributed by atoms with Gasteiger partial charge in [0.2, 0.25) is 0 Å². The SMILES string of the molecule is C[C@@H](Oc1ccc2c(c1)c(-c1ccc(C3CN(c4ccc(-c5nn(C6CCCCO6)c6ccc(O[C@H](C)c7c(Cl)cncc7Cl)cc56)cn4)CCN3C(=O)OC(C)(C)C)nc1)nn2C1CCCCO1)c1c(Cl)cncc1Cl. The standard InChI is InChI=1S/C57H58Cl4N10O6/c1-33(52-41(58)28-62-29-42(52)59)75-37-14-17-46-39(24-37)54(66-70(46)50-10-6-8-22-73-50)35-12-16-45(64-26-35)48-32-68(20-21-69(48)56(72)77-57(3,4)5)49-19-13-36(27-65-49)55-40-25-38(76-34(2)53-43(60)30-63-31-44(53)61)15-18-47(40)71(67-55)51-11-7-9-23-74-51/h12-19,24-31,33-34,48,50-51H,6-11,20-23,32H2,1-5H3/t33-,34-,48?,50?,51?/m1/s1. The van der Waals surface area contributed by atoms with Crippen LogP contribution < -0.4 is 14.4 Å². The van der Waals surface area contributed by atoms with Crippen molar-refractivity contribution in [2.75, 3.05) is 37.7 Å². The van der Waals surface area contributed by atoms with E-state index in [4.69, 9.17) is 90.3 Å². The van der Waals surface area contributed by atoms with Gasteiger partial charge in [0.1, 0.15) is 46.5 Å². The number of rotatable bonds is 12. The number of carbonyl (C=O) groups is 1. The molecule has 0 saturated carbocycles. The van der Waals surface area contributed by atoms with Crippen molar-refractivity contribution in [3.05, 3.63) is 135 Å². The van der Waals surface area contributed by atoms with Crippen LogP contribution in [0.25, 0.3) is 44.3 Å². The lowest BCUT2D eigenvalue weighted by Crippen LogP contribution is -2.52. The molecular weight excluding hydrogens is 1060 g/mol. The third-order valence-corrected chi connectivity index (χ3v) is 15.4. The van der Waals surface area contributed by atoms with Gasteiger partial charge in [0.25, 0.3) is 0 Å². The number of ether oxygens (including phenoxy) is 5. The molecule has 3 unspecified atom stereocenters. The minimum Gasteiger partial charge on any atom is -0.486 e. The van der Waals surface area contributed by atoms with Crippen LogP contribution >= 0.6 is 46.4 Å². The maximum Gasteiger partial charge on any atom is 0.410 e. The summed E-state index contributed by atoms with van der Waals surface area (Å²) in [4.78, 5) is 36.3. The topological polar surface area (TPSA) is 157 Å². The van der Waals surface area contributed by atoms with Gasteiger partial charge in [-0.05, 0) is 134 Å². The minimum atomic E-state index is -0.709. The van der Waals surface area contributed by atoms with Crippen molar-refractivity contribution in [3.63, 3.8) is 0 Å². The molecule has 5 atom stereocenters. The van der Waals surface area contributed by atoms with Crippen molar-refractivity contribution >= 4 is 80.1 Å². The number of nitrogens with zero attached hydrogens (tertiary/aromatic N) is 10. The van der Waals surface area contributed by atoms with Crippen molar-refractivity contribution < 1.29 is 28.5 Å². The number of benzene rings is 2. The Kier molecular flexibility index (Phi) is 15.2. The van der Waals surface area contributed by atoms with Gasteiger partial charge in [-0.2, -0.15) is 10.2 Å². The second kappa shape index (κ2) is 22.2. The second-order valence-corrected chi connectivity index (χ2v) is 22.3. The molecular formula is C57H58Cl4N10O6. The average molecular weight is 1120 g/mol. The maximum atomic E-state index is 14.0. The van der Waals surface area contributed by atoms with Crippen molar-refractivity contribution in [1.29, 1.82) is 0 Å². The Bertz CT molecular complexity index is 3390. The highest BCUT2D eigenvalue weighted by Gasteiger charge is 2.36. The van der Waals surface area contributed by atoms with Crippen molar-refractivity contribution in [3.8, 4) is 34.0 Å². The fourth-order valence-electron chi connectivity index (χ4n) is 10.5. The number of fused-ring (bicyclic) bond motifs is 2. The lowest BCUT2D eigenvalue weighted by molar-refractivity contribution is -0.0366. The molecule has 0 spiro atoms. The molecule has 2 aromatic carbocycles. The molecule has 1 amide bonds. The molecule has 3 fully saturated rings. The zero-order valence-electron chi connectivity index (χ0n) is 43.3. The molecule has 8 aromatic rings. The van der Waals surface area contributed by atoms with Crippen LogP contribution in [0.3, 0.4) is 0 Å². The minimum absolute atomic E-state index is 0.207. The van der Waals surface area contributed by atoms with Gasteiger partial charge in [-0.15, -0.1) is 0 Å². The van der Waals surface area contributed by atoms with E-state index in [9.17, 15) is 4.79 Å². The smallest absolute Gasteiger partial charge is 0.410 e. The molecule has 77 heavy (non-hydrogen) atoms. The zero-order chi connectivity index (χ0) is 53.5. The molecule has 0 bridgehead atoms. The van der Waals surface area contributed by atoms with Crippen LogP contribution in [0, 0.1) is 0 Å². The van der Waals surface area contributed by atoms with E-state index < -0.39 is 29.9 Å². The summed E-state index contributed by atoms with van der Waals surface area (Å²) in [7, 11) is 0. The first-order chi connectivity index (χ1) is 37.2. The maximum absolute atomic E-state index is 14.0. The number of halogens is 4. The number of hydrogen-bond donors (Lipinski definition) is 0. The van der Waals surface area contributed by atoms with Gasteiger partial charge in [-0.25, -0.2) is 19.1 Å². The number of hydrogen-bond acceptors (Lipinski definition) is 13. The van der Waals surface area contributed by atoms with Crippen molar-refractivity contribution in [1.82, 2.24) is 44.4 Å². The van der Waals surface area contributed by atoms with E-state index in [1.54, 1.807) is 29.7 Å². The van der Waals surface area contributed by atoms with Crippen LogP contribution in [-0.4, -0.2) is 88.9 Å². The second-order valence-electron chi connectivity index (χ2n) is 20.7. The average Bonchev–Trinajstić information content (AvgIpc) is 4.00. The molecule has 6 aromatic heterocycles. The van der Waals surface area contributed by atoms with Crippen LogP contribution in [0.1, 0.15) is 121 Å². The molecule has 0 aliphatic carbocycles. The molecule has 20 heteroatoms. The number of amides is 1. The quantitative estimate of drug-likeness (QED) is 0.114. The van der Waals surface area contributed by atoms with E-state index in [0.29, 0.717) is 87.0 Å². The Balaban J connectivity index is 0.892. The van der Waals surface area contributed by atoms with Crippen LogP contribution in [0.5, 0.6) is 11.5 Å². The number of carbonyl (C=O) groups excluding carboxylic acids is 1. The van der Waals surface area contributed by atoms with Crippen molar-refractivity contribution in [2.45, 2.75) is 109 Å². The number of piperazine rings is 1. The molecule has 0 radical (unpaired) electrons. The molecule has 0 N–H and O–H groups in total. The first-order valence-corrected chi connectivity index (χ1v) is 27.5. The number of pyridine rings is 4. The summed E-state index contributed by atoms with van der Waals surface area (Å²) in [6.07, 6.45) is 13.9. The lowest BCUT2D eigenvalue weighted by atomic mass is 10.0. The monoisotopic (exact) mass is 1120 g/mol. The Morgan fingerprint density at radius 1 is 0.636 bits per heavy atom. The Hall–Kier alpha value is -6.27. The molecule has 9 heterocycles. The third-order valence-electron chi connectivity index (χ3n) is 14.2. The van der Waals surface area contributed by atoms with E-state index >= 15 is 0 Å². The Morgan fingerprint density at radius 3 is 1.58 bits per heavy atom. The van der Waals surface area contributed by atoms with E-state index in [1.165, 1.54) is 0 Å². The first kappa shape index (κ1) is 52.8. The summed E-state index contributed by atoms with van der Waals surface area (Å²) in [6.45, 7) is 12.0. The summed E-state index contributed by atoms with van der Waals surface area (Å²) in [5, 5.41) is 13.8. The summed E-state index contributed by atoms with van der Waals surface area (Å²) in [6, 6.07) is 19.4. The first-order valence-electron chi connectivity index (χ1n) is 26.0. The summed E-state index contributed by atoms with van der Waals surface area (Å²) < 4.78 is 35.4. The summed E-state index contributed by atoms with van der Waals surface area (Å²) in [5.41, 5.74) is 6.16. The van der Waals surface area contributed by atoms with Crippen LogP contribution in [0.4, 0.5) is 10.6 Å². The highest BCUT2D eigenvalue weighted by molar-refractivity contribution is 6.36. The molecule has 3 aliphatic heterocycles. The predicted octanol–water partition coefficient (Wildman–Crippen LogP) is 14.4. The summed E-state index contributed by atoms with van der Waals surface area (Å²) >= 11 is 26.1. The molecule has 11 rings (SSSR count). The molecule has 3 aliphatic rings. The van der Waals surface area contributed by atoms with Crippen LogP contribution in [0.2, 0.25) is 20.1 Å². The van der Waals surface area contributed by atoms with Gasteiger partial charge in [0, 0.05) is 103 Å². The van der Waals surface area contributed by atoms with E-state index in [2.05, 4.69) is 14.9 Å². The van der Waals surface area contributed by atoms with Gasteiger partial charge in [-0.1, -0.05) is 46.4 Å². The normalized spacial score (nSPS) is 19.1. The molecule has 16 nitrogen and oxygen atoms in total.